The number of aliphatic carboxylic acids is 1. The van der Waals surface area contributed by atoms with E-state index in [1.165, 1.54) is 47.6 Å². The van der Waals surface area contributed by atoms with Crippen molar-refractivity contribution in [3.8, 4) is 5.75 Å². The summed E-state index contributed by atoms with van der Waals surface area (Å²) in [6, 6.07) is 13.6. The number of non-ortho nitro benzene ring substituents is 1. The number of benzene rings is 2. The zero-order chi connectivity index (χ0) is 27.6. The second kappa shape index (κ2) is 11.1. The molecule has 1 amide bonds. The molecule has 0 saturated carbocycles. The van der Waals surface area contributed by atoms with Crippen molar-refractivity contribution < 1.29 is 29.2 Å². The van der Waals surface area contributed by atoms with E-state index in [0.29, 0.717) is 16.2 Å². The zero-order valence-electron chi connectivity index (χ0n) is 21.1. The molecule has 4 atom stereocenters. The number of hydrogen-bond donors (Lipinski definition) is 1. The maximum atomic E-state index is 14.2. The highest BCUT2D eigenvalue weighted by molar-refractivity contribution is 7.10. The molecule has 2 heterocycles. The van der Waals surface area contributed by atoms with Crippen LogP contribution in [-0.4, -0.2) is 45.7 Å². The summed E-state index contributed by atoms with van der Waals surface area (Å²) in [4.78, 5) is 53.3. The van der Waals surface area contributed by atoms with E-state index < -0.39 is 34.8 Å². The lowest BCUT2D eigenvalue weighted by Gasteiger charge is -2.31. The maximum absolute atomic E-state index is 14.2. The molecule has 10 heteroatoms. The van der Waals surface area contributed by atoms with Crippen molar-refractivity contribution in [3.63, 3.8) is 0 Å². The Bertz CT molecular complexity index is 1320. The summed E-state index contributed by atoms with van der Waals surface area (Å²) >= 11 is 1.33. The van der Waals surface area contributed by atoms with Crippen LogP contribution >= 0.6 is 11.3 Å². The topological polar surface area (TPSA) is 127 Å². The highest BCUT2D eigenvalue weighted by Gasteiger charge is 2.57. The highest BCUT2D eigenvalue weighted by atomic mass is 32.1. The number of hydrogen-bond acceptors (Lipinski definition) is 7. The van der Waals surface area contributed by atoms with Crippen LogP contribution in [0.25, 0.3) is 0 Å². The molecule has 38 heavy (non-hydrogen) atoms. The standard InChI is InChI=1S/C28H28N2O7S/c1-16(2)15-22(31)29-25(17-8-12-20(37-3)13-9-17)24(23(26(29)28(33)34)21-5-4-14-38-21)27(32)18-6-10-19(11-7-18)30(35)36/h4-14,16,23-26H,15H2,1-3H3,(H,33,34). The molecule has 1 aromatic heterocycles. The van der Waals surface area contributed by atoms with Gasteiger partial charge in [0.1, 0.15) is 11.8 Å². The molecule has 1 aliphatic rings. The number of nitro groups is 1. The van der Waals surface area contributed by atoms with Crippen LogP contribution in [-0.2, 0) is 9.59 Å². The van der Waals surface area contributed by atoms with Gasteiger partial charge in [0, 0.05) is 34.9 Å². The van der Waals surface area contributed by atoms with E-state index >= 15 is 0 Å². The van der Waals surface area contributed by atoms with Gasteiger partial charge in [-0.05, 0) is 47.2 Å². The number of carbonyl (C=O) groups excluding carboxylic acids is 2. The van der Waals surface area contributed by atoms with Gasteiger partial charge in [0.05, 0.1) is 24.0 Å². The van der Waals surface area contributed by atoms with Gasteiger partial charge in [0.2, 0.25) is 5.91 Å². The summed E-state index contributed by atoms with van der Waals surface area (Å²) in [7, 11) is 1.53. The number of carboxylic acids is 1. The largest absolute Gasteiger partial charge is 0.497 e. The minimum absolute atomic E-state index is 0.0296. The molecule has 1 fully saturated rings. The summed E-state index contributed by atoms with van der Waals surface area (Å²) in [6.07, 6.45) is 0.117. The summed E-state index contributed by atoms with van der Waals surface area (Å²) in [5, 5.41) is 23.4. The first kappa shape index (κ1) is 27.0. The molecule has 2 aromatic carbocycles. The first-order chi connectivity index (χ1) is 18.1. The van der Waals surface area contributed by atoms with Gasteiger partial charge in [0.25, 0.3) is 5.69 Å². The van der Waals surface area contributed by atoms with E-state index in [1.807, 2.05) is 19.2 Å². The Morgan fingerprint density at radius 2 is 1.74 bits per heavy atom. The third-order valence-corrected chi connectivity index (χ3v) is 7.76. The molecule has 0 bridgehead atoms. The number of Topliss-reactive ketones (excluding diaryl/α,β-unsaturated/α-hetero) is 1. The SMILES string of the molecule is COc1ccc(C2C(C(=O)c3ccc([N+](=O)[O-])cc3)C(c3cccs3)C(C(=O)O)N2C(=O)CC(C)C)cc1. The van der Waals surface area contributed by atoms with Crippen LogP contribution in [0, 0.1) is 22.0 Å². The van der Waals surface area contributed by atoms with Gasteiger partial charge >= 0.3 is 5.97 Å². The monoisotopic (exact) mass is 536 g/mol. The van der Waals surface area contributed by atoms with Crippen LogP contribution in [0.1, 0.15) is 53.0 Å². The van der Waals surface area contributed by atoms with Gasteiger partial charge in [-0.25, -0.2) is 4.79 Å². The lowest BCUT2D eigenvalue weighted by Crippen LogP contribution is -2.44. The van der Waals surface area contributed by atoms with Crippen molar-refractivity contribution in [3.05, 3.63) is 92.2 Å². The van der Waals surface area contributed by atoms with E-state index in [2.05, 4.69) is 0 Å². The predicted molar refractivity (Wildman–Crippen MR) is 141 cm³/mol. The second-order valence-corrected chi connectivity index (χ2v) is 10.6. The fourth-order valence-electron chi connectivity index (χ4n) is 5.18. The molecule has 1 saturated heterocycles. The third kappa shape index (κ3) is 5.17. The average Bonchev–Trinajstić information content (AvgIpc) is 3.54. The average molecular weight is 537 g/mol. The van der Waals surface area contributed by atoms with Gasteiger partial charge in [-0.2, -0.15) is 0 Å². The molecule has 3 aromatic rings. The molecule has 0 aliphatic carbocycles. The lowest BCUT2D eigenvalue weighted by atomic mass is 9.78. The number of rotatable bonds is 9. The van der Waals surface area contributed by atoms with E-state index in [0.717, 1.165) is 0 Å². The van der Waals surface area contributed by atoms with Crippen molar-refractivity contribution in [1.82, 2.24) is 4.90 Å². The van der Waals surface area contributed by atoms with E-state index in [1.54, 1.807) is 36.4 Å². The fraction of sp³-hybridized carbons (Fsp3) is 0.321. The maximum Gasteiger partial charge on any atom is 0.327 e. The first-order valence-electron chi connectivity index (χ1n) is 12.1. The van der Waals surface area contributed by atoms with Crippen LogP contribution in [0.15, 0.2) is 66.0 Å². The predicted octanol–water partition coefficient (Wildman–Crippen LogP) is 5.33. The Kier molecular flexibility index (Phi) is 7.91. The van der Waals surface area contributed by atoms with Crippen molar-refractivity contribution >= 4 is 34.7 Å². The number of carbonyl (C=O) groups is 3. The molecule has 1 aliphatic heterocycles. The van der Waals surface area contributed by atoms with Crippen LogP contribution in [0.4, 0.5) is 5.69 Å². The number of carboxylic acid groups (broad SMARTS) is 1. The van der Waals surface area contributed by atoms with E-state index in [-0.39, 0.29) is 35.3 Å². The van der Waals surface area contributed by atoms with Crippen molar-refractivity contribution in [2.45, 2.75) is 38.3 Å². The molecule has 198 valence electrons. The van der Waals surface area contributed by atoms with E-state index in [4.69, 9.17) is 4.74 Å². The van der Waals surface area contributed by atoms with Gasteiger partial charge in [0.15, 0.2) is 5.78 Å². The number of thiophene rings is 1. The summed E-state index contributed by atoms with van der Waals surface area (Å²) < 4.78 is 5.28. The number of methoxy groups -OCH3 is 1. The third-order valence-electron chi connectivity index (χ3n) is 6.78. The van der Waals surface area contributed by atoms with Crippen molar-refractivity contribution in [1.29, 1.82) is 0 Å². The minimum atomic E-state index is -1.28. The van der Waals surface area contributed by atoms with E-state index in [9.17, 15) is 29.6 Å². The number of nitrogens with zero attached hydrogens (tertiary/aromatic N) is 2. The zero-order valence-corrected chi connectivity index (χ0v) is 22.0. The summed E-state index contributed by atoms with van der Waals surface area (Å²) in [5.74, 6) is -3.15. The normalized spacial score (nSPS) is 20.9. The molecule has 4 unspecified atom stereocenters. The quantitative estimate of drug-likeness (QED) is 0.222. The summed E-state index contributed by atoms with van der Waals surface area (Å²) in [6.45, 7) is 3.75. The number of amides is 1. The van der Waals surface area contributed by atoms with Gasteiger partial charge in [-0.15, -0.1) is 11.3 Å². The Balaban J connectivity index is 1.93. The Labute approximate surface area is 223 Å². The highest BCUT2D eigenvalue weighted by Crippen LogP contribution is 2.52. The smallest absolute Gasteiger partial charge is 0.327 e. The molecular formula is C28H28N2O7S. The molecule has 1 N–H and O–H groups in total. The fourth-order valence-corrected chi connectivity index (χ4v) is 6.08. The second-order valence-electron chi connectivity index (χ2n) is 9.64. The first-order valence-corrected chi connectivity index (χ1v) is 13.0. The van der Waals surface area contributed by atoms with Crippen LogP contribution in [0.5, 0.6) is 5.75 Å². The van der Waals surface area contributed by atoms with Gasteiger partial charge in [-0.1, -0.05) is 32.0 Å². The molecule has 0 radical (unpaired) electrons. The molecular weight excluding hydrogens is 508 g/mol. The van der Waals surface area contributed by atoms with Crippen LogP contribution in [0.2, 0.25) is 0 Å². The number of nitro benzene ring substituents is 1. The number of likely N-dealkylation sites (tertiary alicyclic amines) is 1. The van der Waals surface area contributed by atoms with Crippen LogP contribution < -0.4 is 4.74 Å². The Morgan fingerprint density at radius 1 is 1.08 bits per heavy atom. The van der Waals surface area contributed by atoms with Gasteiger partial charge in [-0.3, -0.25) is 19.7 Å². The lowest BCUT2D eigenvalue weighted by molar-refractivity contribution is -0.384. The Morgan fingerprint density at radius 3 is 2.24 bits per heavy atom. The molecule has 0 spiro atoms. The van der Waals surface area contributed by atoms with Crippen LogP contribution in [0.3, 0.4) is 0 Å². The van der Waals surface area contributed by atoms with Gasteiger partial charge < -0.3 is 14.7 Å². The minimum Gasteiger partial charge on any atom is -0.497 e. The van der Waals surface area contributed by atoms with Crippen molar-refractivity contribution in [2.75, 3.05) is 7.11 Å². The molecule has 4 rings (SSSR count). The summed E-state index contributed by atoms with van der Waals surface area (Å²) in [5.41, 5.74) is 0.656. The molecule has 9 nitrogen and oxygen atoms in total. The Hall–Kier alpha value is -4.05. The van der Waals surface area contributed by atoms with Crippen molar-refractivity contribution in [2.24, 2.45) is 11.8 Å². The number of ether oxygens (including phenoxy) is 1. The number of ketones is 1.